The van der Waals surface area contributed by atoms with Crippen LogP contribution in [0.15, 0.2) is 17.3 Å². The molecule has 25 heavy (non-hydrogen) atoms. The van der Waals surface area contributed by atoms with E-state index in [1.165, 1.54) is 0 Å². The minimum absolute atomic E-state index is 0.0524. The summed E-state index contributed by atoms with van der Waals surface area (Å²) in [6.07, 6.45) is 7.53. The Morgan fingerprint density at radius 3 is 2.76 bits per heavy atom. The molecule has 0 radical (unpaired) electrons. The SMILES string of the molecule is NCCCCC(NC(=O)C1CCCC1)C(=O)Cn1cncc(F)c1=O. The lowest BCUT2D eigenvalue weighted by Crippen LogP contribution is -2.45. The van der Waals surface area contributed by atoms with Crippen LogP contribution >= 0.6 is 0 Å². The highest BCUT2D eigenvalue weighted by molar-refractivity contribution is 5.89. The summed E-state index contributed by atoms with van der Waals surface area (Å²) in [6.45, 7) is 0.187. The third-order valence-corrected chi connectivity index (χ3v) is 4.56. The minimum atomic E-state index is -1.01. The number of unbranched alkanes of at least 4 members (excludes halogenated alkanes) is 1. The molecule has 138 valence electrons. The molecule has 1 aromatic rings. The van der Waals surface area contributed by atoms with Crippen LogP contribution in [0.1, 0.15) is 44.9 Å². The molecule has 8 heteroatoms. The number of rotatable bonds is 9. The summed E-state index contributed by atoms with van der Waals surface area (Å²) < 4.78 is 14.2. The standard InChI is InChI=1S/C17H25FN4O3/c18-13-9-20-11-22(17(13)25)10-15(23)14(7-3-4-8-19)21-16(24)12-5-1-2-6-12/h9,11-12,14H,1-8,10,19H2,(H,21,24). The van der Waals surface area contributed by atoms with Crippen molar-refractivity contribution in [3.8, 4) is 0 Å². The van der Waals surface area contributed by atoms with Crippen molar-refractivity contribution in [2.75, 3.05) is 6.54 Å². The van der Waals surface area contributed by atoms with Crippen molar-refractivity contribution in [1.29, 1.82) is 0 Å². The number of Topliss-reactive ketones (excluding diaryl/α,β-unsaturated/α-hetero) is 1. The first-order valence-electron chi connectivity index (χ1n) is 8.76. The summed E-state index contributed by atoms with van der Waals surface area (Å²) in [5.41, 5.74) is 4.59. The molecule has 1 aromatic heterocycles. The molecule has 1 aliphatic rings. The number of hydrogen-bond donors (Lipinski definition) is 2. The lowest BCUT2D eigenvalue weighted by Gasteiger charge is -2.20. The van der Waals surface area contributed by atoms with Gasteiger partial charge in [-0.1, -0.05) is 12.8 Å². The third kappa shape index (κ3) is 5.45. The van der Waals surface area contributed by atoms with Crippen molar-refractivity contribution in [2.24, 2.45) is 11.7 Å². The predicted octanol–water partition coefficient (Wildman–Crippen LogP) is 0.755. The number of ketones is 1. The van der Waals surface area contributed by atoms with Gasteiger partial charge in [0.1, 0.15) is 0 Å². The molecule has 1 atom stereocenters. The maximum Gasteiger partial charge on any atom is 0.289 e. The summed E-state index contributed by atoms with van der Waals surface area (Å²) in [4.78, 5) is 40.2. The van der Waals surface area contributed by atoms with Crippen molar-refractivity contribution < 1.29 is 14.0 Å². The van der Waals surface area contributed by atoms with E-state index in [0.29, 0.717) is 19.4 Å². The Balaban J connectivity index is 2.04. The molecule has 0 spiro atoms. The fourth-order valence-corrected chi connectivity index (χ4v) is 3.10. The van der Waals surface area contributed by atoms with Crippen LogP contribution in [0, 0.1) is 11.7 Å². The fraction of sp³-hybridized carbons (Fsp3) is 0.647. The van der Waals surface area contributed by atoms with Crippen molar-refractivity contribution >= 4 is 11.7 Å². The van der Waals surface area contributed by atoms with E-state index >= 15 is 0 Å². The second-order valence-electron chi connectivity index (χ2n) is 6.47. The lowest BCUT2D eigenvalue weighted by atomic mass is 10.0. The van der Waals surface area contributed by atoms with Crippen molar-refractivity contribution in [3.63, 3.8) is 0 Å². The quantitative estimate of drug-likeness (QED) is 0.638. The second kappa shape index (κ2) is 9.41. The monoisotopic (exact) mass is 352 g/mol. The van der Waals surface area contributed by atoms with Gasteiger partial charge in [-0.2, -0.15) is 4.39 Å². The summed E-state index contributed by atoms with van der Waals surface area (Å²) >= 11 is 0. The molecule has 1 heterocycles. The van der Waals surface area contributed by atoms with Crippen LogP contribution in [0.3, 0.4) is 0 Å². The van der Waals surface area contributed by atoms with Crippen LogP contribution in [0.4, 0.5) is 4.39 Å². The van der Waals surface area contributed by atoms with E-state index in [2.05, 4.69) is 10.3 Å². The van der Waals surface area contributed by atoms with Gasteiger partial charge in [0.05, 0.1) is 25.1 Å². The number of aromatic nitrogens is 2. The summed E-state index contributed by atoms with van der Waals surface area (Å²) in [5, 5.41) is 2.81. The Kier molecular flexibility index (Phi) is 7.24. The Hall–Kier alpha value is -2.09. The molecular weight excluding hydrogens is 327 g/mol. The zero-order valence-electron chi connectivity index (χ0n) is 14.2. The number of amides is 1. The molecule has 1 unspecified atom stereocenters. The van der Waals surface area contributed by atoms with Crippen LogP contribution in [0.25, 0.3) is 0 Å². The van der Waals surface area contributed by atoms with Crippen LogP contribution in [0.2, 0.25) is 0 Å². The Bertz CT molecular complexity index is 656. The molecule has 1 saturated carbocycles. The highest BCUT2D eigenvalue weighted by atomic mass is 19.1. The molecule has 0 saturated heterocycles. The minimum Gasteiger partial charge on any atom is -0.346 e. The van der Waals surface area contributed by atoms with E-state index < -0.39 is 17.4 Å². The van der Waals surface area contributed by atoms with Gasteiger partial charge in [0, 0.05) is 5.92 Å². The van der Waals surface area contributed by atoms with E-state index in [9.17, 15) is 18.8 Å². The average Bonchev–Trinajstić information content (AvgIpc) is 3.13. The Morgan fingerprint density at radius 1 is 1.36 bits per heavy atom. The topological polar surface area (TPSA) is 107 Å². The number of nitrogens with two attached hydrogens (primary N) is 1. The molecule has 3 N–H and O–H groups in total. The number of carbonyl (C=O) groups is 2. The lowest BCUT2D eigenvalue weighted by molar-refractivity contribution is -0.130. The van der Waals surface area contributed by atoms with E-state index in [1.54, 1.807) is 0 Å². The molecule has 0 aliphatic heterocycles. The Morgan fingerprint density at radius 2 is 2.08 bits per heavy atom. The highest BCUT2D eigenvalue weighted by Crippen LogP contribution is 2.25. The van der Waals surface area contributed by atoms with Gasteiger partial charge >= 0.3 is 0 Å². The van der Waals surface area contributed by atoms with E-state index in [1.807, 2.05) is 0 Å². The van der Waals surface area contributed by atoms with Crippen LogP contribution < -0.4 is 16.6 Å². The van der Waals surface area contributed by atoms with E-state index in [-0.39, 0.29) is 24.2 Å². The smallest absolute Gasteiger partial charge is 0.289 e. The first-order valence-corrected chi connectivity index (χ1v) is 8.76. The van der Waals surface area contributed by atoms with Gasteiger partial charge in [-0.25, -0.2) is 4.98 Å². The summed E-state index contributed by atoms with van der Waals surface area (Å²) in [7, 11) is 0. The maximum absolute atomic E-state index is 13.3. The number of carbonyl (C=O) groups excluding carboxylic acids is 2. The van der Waals surface area contributed by atoms with Crippen LogP contribution in [0.5, 0.6) is 0 Å². The van der Waals surface area contributed by atoms with Gasteiger partial charge in [0.2, 0.25) is 11.7 Å². The normalized spacial score (nSPS) is 15.9. The third-order valence-electron chi connectivity index (χ3n) is 4.56. The number of halogens is 1. The molecule has 2 rings (SSSR count). The van der Waals surface area contributed by atoms with Gasteiger partial charge < -0.3 is 11.1 Å². The van der Waals surface area contributed by atoms with Crippen molar-refractivity contribution in [1.82, 2.24) is 14.9 Å². The Labute approximate surface area is 145 Å². The zero-order chi connectivity index (χ0) is 18.2. The average molecular weight is 352 g/mol. The summed E-state index contributed by atoms with van der Waals surface area (Å²) in [5.74, 6) is -1.51. The van der Waals surface area contributed by atoms with Gasteiger partial charge in [0.25, 0.3) is 5.56 Å². The van der Waals surface area contributed by atoms with Gasteiger partial charge in [0.15, 0.2) is 5.78 Å². The first kappa shape index (κ1) is 19.2. The van der Waals surface area contributed by atoms with Crippen molar-refractivity contribution in [3.05, 3.63) is 28.7 Å². The molecule has 0 bridgehead atoms. The van der Waals surface area contributed by atoms with Gasteiger partial charge in [-0.15, -0.1) is 0 Å². The number of nitrogens with zero attached hydrogens (tertiary/aromatic N) is 2. The second-order valence-corrected chi connectivity index (χ2v) is 6.47. The van der Waals surface area contributed by atoms with Crippen LogP contribution in [-0.2, 0) is 16.1 Å². The zero-order valence-corrected chi connectivity index (χ0v) is 14.2. The highest BCUT2D eigenvalue weighted by Gasteiger charge is 2.27. The fourth-order valence-electron chi connectivity index (χ4n) is 3.10. The van der Waals surface area contributed by atoms with Gasteiger partial charge in [-0.05, 0) is 38.6 Å². The van der Waals surface area contributed by atoms with E-state index in [4.69, 9.17) is 5.73 Å². The molecule has 1 aliphatic carbocycles. The molecular formula is C17H25FN4O3. The van der Waals surface area contributed by atoms with Crippen LogP contribution in [-0.4, -0.2) is 33.8 Å². The molecule has 0 aromatic carbocycles. The van der Waals surface area contributed by atoms with E-state index in [0.717, 1.165) is 49.2 Å². The predicted molar refractivity (Wildman–Crippen MR) is 90.3 cm³/mol. The molecule has 1 fully saturated rings. The van der Waals surface area contributed by atoms with Gasteiger partial charge in [-0.3, -0.25) is 19.0 Å². The number of hydrogen-bond acceptors (Lipinski definition) is 5. The number of nitrogens with one attached hydrogen (secondary N) is 1. The first-order chi connectivity index (χ1) is 12.0. The summed E-state index contributed by atoms with van der Waals surface area (Å²) in [6, 6.07) is -0.699. The van der Waals surface area contributed by atoms with Crippen molar-refractivity contribution in [2.45, 2.75) is 57.5 Å². The molecule has 1 amide bonds. The maximum atomic E-state index is 13.3. The largest absolute Gasteiger partial charge is 0.346 e. The molecule has 7 nitrogen and oxygen atoms in total.